The molecule has 0 N–H and O–H groups in total. The van der Waals surface area contributed by atoms with E-state index in [9.17, 15) is 5.26 Å². The first kappa shape index (κ1) is 16.5. The lowest BCUT2D eigenvalue weighted by atomic mass is 10.0. The van der Waals surface area contributed by atoms with E-state index in [1.165, 1.54) is 0 Å². The predicted molar refractivity (Wildman–Crippen MR) is 107 cm³/mol. The number of rotatable bonds is 3. The molecule has 5 heterocycles. The van der Waals surface area contributed by atoms with E-state index >= 15 is 0 Å². The second-order valence-corrected chi connectivity index (χ2v) is 7.42. The van der Waals surface area contributed by atoms with Crippen molar-refractivity contribution in [2.45, 2.75) is 6.92 Å². The van der Waals surface area contributed by atoms with E-state index in [0.29, 0.717) is 5.56 Å². The van der Waals surface area contributed by atoms with Crippen LogP contribution >= 0.6 is 0 Å². The Morgan fingerprint density at radius 2 is 1.89 bits per heavy atom. The molecule has 0 aromatic carbocycles. The van der Waals surface area contributed by atoms with Gasteiger partial charge >= 0.3 is 0 Å². The Morgan fingerprint density at radius 3 is 2.54 bits per heavy atom. The van der Waals surface area contributed by atoms with Crippen molar-refractivity contribution in [2.75, 3.05) is 18.0 Å². The van der Waals surface area contributed by atoms with E-state index < -0.39 is 0 Å². The molecule has 0 amide bonds. The smallest absolute Gasteiger partial charge is 0.128 e. The number of hydrogen-bond acceptors (Lipinski definition) is 5. The minimum Gasteiger partial charge on any atom is -0.356 e. The molecule has 0 unspecified atom stereocenters. The lowest BCUT2D eigenvalue weighted by Crippen LogP contribution is -2.45. The molecule has 138 valence electrons. The molecule has 7 heteroatoms. The molecule has 0 radical (unpaired) electrons. The number of aromatic nitrogens is 5. The number of hydrogen-bond donors (Lipinski definition) is 0. The maximum Gasteiger partial charge on any atom is 0.128 e. The number of nitrogens with zero attached hydrogens (tertiary/aromatic N) is 7. The van der Waals surface area contributed by atoms with Crippen molar-refractivity contribution in [3.63, 3.8) is 0 Å². The van der Waals surface area contributed by atoms with Gasteiger partial charge in [-0.1, -0.05) is 6.92 Å². The van der Waals surface area contributed by atoms with Crippen LogP contribution in [0.5, 0.6) is 0 Å². The largest absolute Gasteiger partial charge is 0.356 e. The van der Waals surface area contributed by atoms with Crippen LogP contribution in [0.3, 0.4) is 0 Å². The van der Waals surface area contributed by atoms with Crippen LogP contribution in [0.15, 0.2) is 49.2 Å². The third kappa shape index (κ3) is 2.62. The highest BCUT2D eigenvalue weighted by Crippen LogP contribution is 2.32. The van der Waals surface area contributed by atoms with Crippen LogP contribution < -0.4 is 4.90 Å². The maximum absolute atomic E-state index is 9.53. The monoisotopic (exact) mass is 369 g/mol. The number of fused-ring (bicyclic) bond motifs is 1. The average molecular weight is 369 g/mol. The zero-order valence-electron chi connectivity index (χ0n) is 15.7. The summed E-state index contributed by atoms with van der Waals surface area (Å²) < 4.78 is 3.54. The summed E-state index contributed by atoms with van der Waals surface area (Å²) >= 11 is 0. The van der Waals surface area contributed by atoms with Crippen molar-refractivity contribution >= 4 is 11.3 Å². The van der Waals surface area contributed by atoms with E-state index in [1.807, 2.05) is 31.8 Å². The summed E-state index contributed by atoms with van der Waals surface area (Å²) in [5.41, 5.74) is 5.23. The molecule has 4 aromatic rings. The minimum atomic E-state index is 0.549. The molecule has 4 aromatic heterocycles. The van der Waals surface area contributed by atoms with Gasteiger partial charge in [0.15, 0.2) is 0 Å². The average Bonchev–Trinajstić information content (AvgIpc) is 3.31. The van der Waals surface area contributed by atoms with E-state index in [0.717, 1.165) is 52.6 Å². The molecular weight excluding hydrogens is 350 g/mol. The molecule has 1 saturated heterocycles. The topological polar surface area (TPSA) is 75.0 Å². The Morgan fingerprint density at radius 1 is 1.04 bits per heavy atom. The van der Waals surface area contributed by atoms with Gasteiger partial charge in [-0.2, -0.15) is 15.5 Å². The Labute approximate surface area is 162 Å². The normalized spacial score (nSPS) is 14.2. The Balaban J connectivity index is 1.64. The number of pyridine rings is 2. The van der Waals surface area contributed by atoms with Crippen LogP contribution in [-0.4, -0.2) is 37.5 Å². The highest BCUT2D eigenvalue weighted by molar-refractivity contribution is 5.87. The second kappa shape index (κ2) is 6.20. The Bertz CT molecular complexity index is 1200. The fourth-order valence-electron chi connectivity index (χ4n) is 3.77. The van der Waals surface area contributed by atoms with Crippen molar-refractivity contribution in [1.82, 2.24) is 24.4 Å². The van der Waals surface area contributed by atoms with Crippen LogP contribution in [-0.2, 0) is 7.05 Å². The molecule has 0 saturated carbocycles. The summed E-state index contributed by atoms with van der Waals surface area (Å²) in [4.78, 5) is 6.94. The standard InChI is InChI=1S/C21H19N7/c1-14-10-27(11-14)20-4-3-15(7-23-20)19-5-16(18-9-24-26(2)12-18)13-28-21(19)17(6-22)8-25-28/h3-5,7-9,12-14H,10-11H2,1-2H3. The van der Waals surface area contributed by atoms with Crippen molar-refractivity contribution in [1.29, 1.82) is 5.26 Å². The lowest BCUT2D eigenvalue weighted by molar-refractivity contribution is 0.443. The molecule has 0 bridgehead atoms. The molecule has 0 atom stereocenters. The molecule has 5 rings (SSSR count). The van der Waals surface area contributed by atoms with Gasteiger partial charge in [0.1, 0.15) is 11.9 Å². The van der Waals surface area contributed by atoms with Crippen molar-refractivity contribution in [3.05, 3.63) is 54.7 Å². The molecule has 0 spiro atoms. The van der Waals surface area contributed by atoms with Gasteiger partial charge in [0, 0.05) is 61.0 Å². The van der Waals surface area contributed by atoms with E-state index in [4.69, 9.17) is 0 Å². The summed E-state index contributed by atoms with van der Waals surface area (Å²) in [6.45, 7) is 4.34. The fourth-order valence-corrected chi connectivity index (χ4v) is 3.77. The SMILES string of the molecule is CC1CN(c2ccc(-c3cc(-c4cnn(C)c4)cn4ncc(C#N)c34)cn2)C1. The maximum atomic E-state index is 9.53. The summed E-state index contributed by atoms with van der Waals surface area (Å²) in [6, 6.07) is 8.45. The van der Waals surface area contributed by atoms with Gasteiger partial charge in [0.2, 0.25) is 0 Å². The molecule has 1 aliphatic rings. The van der Waals surface area contributed by atoms with Crippen LogP contribution in [0.4, 0.5) is 5.82 Å². The number of nitriles is 1. The fraction of sp³-hybridized carbons (Fsp3) is 0.238. The number of aryl methyl sites for hydroxylation is 1. The zero-order valence-corrected chi connectivity index (χ0v) is 15.7. The summed E-state index contributed by atoms with van der Waals surface area (Å²) in [5.74, 6) is 1.72. The minimum absolute atomic E-state index is 0.549. The van der Waals surface area contributed by atoms with Gasteiger partial charge in [0.05, 0.1) is 23.5 Å². The highest BCUT2D eigenvalue weighted by Gasteiger charge is 2.23. The van der Waals surface area contributed by atoms with E-state index in [-0.39, 0.29) is 0 Å². The summed E-state index contributed by atoms with van der Waals surface area (Å²) in [7, 11) is 1.89. The molecule has 1 fully saturated rings. The van der Waals surface area contributed by atoms with Crippen LogP contribution in [0, 0.1) is 17.2 Å². The van der Waals surface area contributed by atoms with Crippen LogP contribution in [0.2, 0.25) is 0 Å². The number of anilines is 1. The quantitative estimate of drug-likeness (QED) is 0.555. The van der Waals surface area contributed by atoms with Crippen molar-refractivity contribution < 1.29 is 0 Å². The van der Waals surface area contributed by atoms with Gasteiger partial charge < -0.3 is 4.90 Å². The zero-order chi connectivity index (χ0) is 19.3. The van der Waals surface area contributed by atoms with Gasteiger partial charge in [-0.25, -0.2) is 9.50 Å². The van der Waals surface area contributed by atoms with Gasteiger partial charge in [-0.15, -0.1) is 0 Å². The Hall–Kier alpha value is -3.66. The van der Waals surface area contributed by atoms with Gasteiger partial charge in [-0.05, 0) is 24.1 Å². The highest BCUT2D eigenvalue weighted by atomic mass is 15.2. The molecule has 0 aliphatic carbocycles. The first-order valence-corrected chi connectivity index (χ1v) is 9.24. The summed E-state index contributed by atoms with van der Waals surface area (Å²) in [6.07, 6.45) is 9.21. The first-order chi connectivity index (χ1) is 13.6. The van der Waals surface area contributed by atoms with E-state index in [1.54, 1.807) is 15.4 Å². The molecule has 28 heavy (non-hydrogen) atoms. The Kier molecular flexibility index (Phi) is 3.66. The third-order valence-electron chi connectivity index (χ3n) is 5.22. The predicted octanol–water partition coefficient (Wildman–Crippen LogP) is 3.12. The second-order valence-electron chi connectivity index (χ2n) is 7.42. The molecule has 1 aliphatic heterocycles. The van der Waals surface area contributed by atoms with Crippen molar-refractivity contribution in [2.24, 2.45) is 13.0 Å². The molecular formula is C21H19N7. The van der Waals surface area contributed by atoms with Crippen molar-refractivity contribution in [3.8, 4) is 28.3 Å². The lowest BCUT2D eigenvalue weighted by Gasteiger charge is -2.38. The van der Waals surface area contributed by atoms with Crippen LogP contribution in [0.1, 0.15) is 12.5 Å². The first-order valence-electron chi connectivity index (χ1n) is 9.24. The van der Waals surface area contributed by atoms with Gasteiger partial charge in [0.25, 0.3) is 0 Å². The third-order valence-corrected chi connectivity index (χ3v) is 5.22. The molecule has 7 nitrogen and oxygen atoms in total. The van der Waals surface area contributed by atoms with E-state index in [2.05, 4.69) is 51.3 Å². The summed E-state index contributed by atoms with van der Waals surface area (Å²) in [5, 5.41) is 18.2. The van der Waals surface area contributed by atoms with Crippen LogP contribution in [0.25, 0.3) is 27.8 Å². The van der Waals surface area contributed by atoms with Gasteiger partial charge in [-0.3, -0.25) is 4.68 Å².